The predicted molar refractivity (Wildman–Crippen MR) is 115 cm³/mol. The number of hydrogen-bond donors (Lipinski definition) is 1. The number of nitrogens with one attached hydrogen (secondary N) is 1. The van der Waals surface area contributed by atoms with Gasteiger partial charge in [0.25, 0.3) is 11.5 Å². The molecule has 0 spiro atoms. The Morgan fingerprint density at radius 1 is 1.27 bits per heavy atom. The monoisotopic (exact) mass is 405 g/mol. The van der Waals surface area contributed by atoms with Gasteiger partial charge >= 0.3 is 0 Å². The summed E-state index contributed by atoms with van der Waals surface area (Å²) < 4.78 is 12.8. The minimum absolute atomic E-state index is 0.0618. The molecule has 7 heteroatoms. The van der Waals surface area contributed by atoms with Crippen LogP contribution in [0.1, 0.15) is 17.8 Å². The molecule has 0 unspecified atom stereocenters. The van der Waals surface area contributed by atoms with Gasteiger partial charge in [-0.2, -0.15) is 0 Å². The van der Waals surface area contributed by atoms with Crippen LogP contribution < -0.4 is 20.3 Å². The van der Waals surface area contributed by atoms with E-state index in [-0.39, 0.29) is 18.1 Å². The standard InChI is InChI=1S/C23H23N3O4/c1-3-7-15-18(30-14-21(27)25-16-8-4-5-9-19(16)29-2)12-11-17-22(15)23(28)26-13-6-10-20(26)24-17/h3-5,8-9,11-12H,1,6-7,10,13-14H2,2H3,(H,25,27). The molecule has 1 amide bonds. The van der Waals surface area contributed by atoms with Gasteiger partial charge in [-0.3, -0.25) is 14.2 Å². The van der Waals surface area contributed by atoms with Gasteiger partial charge in [-0.05, 0) is 37.1 Å². The van der Waals surface area contributed by atoms with E-state index in [0.717, 1.165) is 18.7 Å². The first-order valence-corrected chi connectivity index (χ1v) is 9.84. The van der Waals surface area contributed by atoms with E-state index >= 15 is 0 Å². The van der Waals surface area contributed by atoms with E-state index in [1.165, 1.54) is 0 Å². The average Bonchev–Trinajstić information content (AvgIpc) is 3.22. The Morgan fingerprint density at radius 3 is 2.90 bits per heavy atom. The van der Waals surface area contributed by atoms with Crippen molar-refractivity contribution < 1.29 is 14.3 Å². The number of carbonyl (C=O) groups is 1. The number of anilines is 1. The number of carbonyl (C=O) groups excluding carboxylic acids is 1. The Labute approximate surface area is 174 Å². The number of aryl methyl sites for hydroxylation is 1. The molecule has 2 heterocycles. The smallest absolute Gasteiger partial charge is 0.262 e. The number of amides is 1. The lowest BCUT2D eigenvalue weighted by Gasteiger charge is -2.14. The second-order valence-corrected chi connectivity index (χ2v) is 7.05. The molecule has 0 bridgehead atoms. The van der Waals surface area contributed by atoms with Crippen molar-refractivity contribution in [3.63, 3.8) is 0 Å². The third kappa shape index (κ3) is 3.66. The Hall–Kier alpha value is -3.61. The Kier molecular flexibility index (Phi) is 5.52. The summed E-state index contributed by atoms with van der Waals surface area (Å²) >= 11 is 0. The van der Waals surface area contributed by atoms with Gasteiger partial charge in [0.15, 0.2) is 6.61 Å². The average molecular weight is 405 g/mol. The molecule has 1 N–H and O–H groups in total. The van der Waals surface area contributed by atoms with Gasteiger partial charge < -0.3 is 14.8 Å². The highest BCUT2D eigenvalue weighted by atomic mass is 16.5. The summed E-state index contributed by atoms with van der Waals surface area (Å²) in [5.41, 5.74) is 1.85. The molecule has 2 aromatic carbocycles. The molecular weight excluding hydrogens is 382 g/mol. The van der Waals surface area contributed by atoms with Crippen LogP contribution in [-0.2, 0) is 24.2 Å². The van der Waals surface area contributed by atoms with E-state index in [0.29, 0.717) is 46.6 Å². The van der Waals surface area contributed by atoms with Crippen molar-refractivity contribution in [1.82, 2.24) is 9.55 Å². The van der Waals surface area contributed by atoms with Crippen molar-refractivity contribution in [3.8, 4) is 11.5 Å². The lowest BCUT2D eigenvalue weighted by atomic mass is 10.0. The van der Waals surface area contributed by atoms with Crippen molar-refractivity contribution in [3.05, 3.63) is 70.8 Å². The fourth-order valence-corrected chi connectivity index (χ4v) is 3.78. The summed E-state index contributed by atoms with van der Waals surface area (Å²) in [4.78, 5) is 30.1. The van der Waals surface area contributed by atoms with Crippen molar-refractivity contribution in [2.75, 3.05) is 19.0 Å². The van der Waals surface area contributed by atoms with Crippen molar-refractivity contribution in [2.45, 2.75) is 25.8 Å². The van der Waals surface area contributed by atoms with Crippen LogP contribution in [-0.4, -0.2) is 29.2 Å². The molecule has 3 aromatic rings. The highest BCUT2D eigenvalue weighted by Gasteiger charge is 2.20. The summed E-state index contributed by atoms with van der Waals surface area (Å²) in [5.74, 6) is 1.54. The molecule has 7 nitrogen and oxygen atoms in total. The van der Waals surface area contributed by atoms with Gasteiger partial charge in [0.1, 0.15) is 17.3 Å². The number of benzene rings is 2. The third-order valence-corrected chi connectivity index (χ3v) is 5.14. The minimum atomic E-state index is -0.326. The molecular formula is C23H23N3O4. The van der Waals surface area contributed by atoms with Crippen LogP contribution in [0.2, 0.25) is 0 Å². The fraction of sp³-hybridized carbons (Fsp3) is 0.261. The first-order valence-electron chi connectivity index (χ1n) is 9.84. The number of methoxy groups -OCH3 is 1. The van der Waals surface area contributed by atoms with Crippen LogP contribution in [0, 0.1) is 0 Å². The van der Waals surface area contributed by atoms with Crippen molar-refractivity contribution in [1.29, 1.82) is 0 Å². The minimum Gasteiger partial charge on any atom is -0.495 e. The quantitative estimate of drug-likeness (QED) is 0.611. The number of para-hydroxylation sites is 2. The lowest BCUT2D eigenvalue weighted by Crippen LogP contribution is -2.23. The number of nitrogens with zero attached hydrogens (tertiary/aromatic N) is 2. The maximum atomic E-state index is 13.1. The number of rotatable bonds is 7. The summed E-state index contributed by atoms with van der Waals surface area (Å²) in [6.07, 6.45) is 3.89. The van der Waals surface area contributed by atoms with Gasteiger partial charge in [0.2, 0.25) is 0 Å². The highest BCUT2D eigenvalue weighted by Crippen LogP contribution is 2.28. The highest BCUT2D eigenvalue weighted by molar-refractivity contribution is 5.93. The van der Waals surface area contributed by atoms with Gasteiger partial charge in [0.05, 0.1) is 23.7 Å². The van der Waals surface area contributed by atoms with Crippen LogP contribution >= 0.6 is 0 Å². The summed E-state index contributed by atoms with van der Waals surface area (Å²) in [6, 6.07) is 10.7. The van der Waals surface area contributed by atoms with Crippen molar-refractivity contribution in [2.24, 2.45) is 0 Å². The van der Waals surface area contributed by atoms with Crippen LogP contribution in [0.3, 0.4) is 0 Å². The van der Waals surface area contributed by atoms with Crippen LogP contribution in [0.4, 0.5) is 5.69 Å². The zero-order valence-corrected chi connectivity index (χ0v) is 16.8. The maximum absolute atomic E-state index is 13.1. The first kappa shape index (κ1) is 19.7. The van der Waals surface area contributed by atoms with E-state index in [4.69, 9.17) is 9.47 Å². The molecule has 30 heavy (non-hydrogen) atoms. The van der Waals surface area contributed by atoms with Crippen LogP contribution in [0.5, 0.6) is 11.5 Å². The van der Waals surface area contributed by atoms with Crippen LogP contribution in [0.15, 0.2) is 53.8 Å². The summed E-state index contributed by atoms with van der Waals surface area (Å²) in [7, 11) is 1.54. The Balaban J connectivity index is 1.61. The van der Waals surface area contributed by atoms with Gasteiger partial charge in [-0.1, -0.05) is 18.2 Å². The maximum Gasteiger partial charge on any atom is 0.262 e. The number of fused-ring (bicyclic) bond motifs is 2. The van der Waals surface area contributed by atoms with Gasteiger partial charge in [-0.25, -0.2) is 4.98 Å². The van der Waals surface area contributed by atoms with Gasteiger partial charge in [-0.15, -0.1) is 6.58 Å². The normalized spacial score (nSPS) is 12.4. The second-order valence-electron chi connectivity index (χ2n) is 7.05. The summed E-state index contributed by atoms with van der Waals surface area (Å²) in [6.45, 7) is 4.27. The van der Waals surface area contributed by atoms with E-state index in [1.54, 1.807) is 42.0 Å². The first-order chi connectivity index (χ1) is 14.6. The SMILES string of the molecule is C=CCc1c(OCC(=O)Nc2ccccc2OC)ccc2nc3n(c(=O)c12)CCC3. The topological polar surface area (TPSA) is 82.4 Å². The zero-order valence-electron chi connectivity index (χ0n) is 16.8. The van der Waals surface area contributed by atoms with E-state index < -0.39 is 0 Å². The molecule has 4 rings (SSSR count). The van der Waals surface area contributed by atoms with E-state index in [2.05, 4.69) is 16.9 Å². The second kappa shape index (κ2) is 8.41. The number of ether oxygens (including phenoxy) is 2. The molecule has 0 atom stereocenters. The van der Waals surface area contributed by atoms with Crippen molar-refractivity contribution >= 4 is 22.5 Å². The Bertz CT molecular complexity index is 1180. The Morgan fingerprint density at radius 2 is 2.10 bits per heavy atom. The predicted octanol–water partition coefficient (Wildman–Crippen LogP) is 3.10. The molecule has 1 aromatic heterocycles. The van der Waals surface area contributed by atoms with Crippen LogP contribution in [0.25, 0.3) is 10.9 Å². The van der Waals surface area contributed by atoms with Gasteiger partial charge in [0, 0.05) is 18.5 Å². The summed E-state index contributed by atoms with van der Waals surface area (Å²) in [5, 5.41) is 3.31. The molecule has 0 fully saturated rings. The van der Waals surface area contributed by atoms with E-state index in [1.807, 2.05) is 12.1 Å². The molecule has 0 radical (unpaired) electrons. The molecule has 0 saturated heterocycles. The fourth-order valence-electron chi connectivity index (χ4n) is 3.78. The third-order valence-electron chi connectivity index (χ3n) is 5.14. The molecule has 154 valence electrons. The number of hydrogen-bond acceptors (Lipinski definition) is 5. The molecule has 1 aliphatic rings. The lowest BCUT2D eigenvalue weighted by molar-refractivity contribution is -0.118. The molecule has 1 aliphatic heterocycles. The molecule has 0 aliphatic carbocycles. The van der Waals surface area contributed by atoms with E-state index in [9.17, 15) is 9.59 Å². The zero-order chi connectivity index (χ0) is 21.1. The number of aromatic nitrogens is 2. The largest absolute Gasteiger partial charge is 0.495 e. The molecule has 0 saturated carbocycles. The number of allylic oxidation sites excluding steroid dienone is 1.